The minimum absolute atomic E-state index is 0.0410. The van der Waals surface area contributed by atoms with Gasteiger partial charge in [-0.1, -0.05) is 31.2 Å². The molecule has 1 saturated carbocycles. The summed E-state index contributed by atoms with van der Waals surface area (Å²) in [5.41, 5.74) is -0.102. The maximum Gasteiger partial charge on any atom is 0.407 e. The summed E-state index contributed by atoms with van der Waals surface area (Å²) in [5.74, 6) is -0.353. The Kier molecular flexibility index (Phi) is 11.3. The number of anilines is 2. The average Bonchev–Trinajstić information content (AvgIpc) is 3.62. The number of alkyl carbamates (subject to hydrolysis) is 1. The molecule has 3 aromatic rings. The maximum absolute atomic E-state index is 16.3. The van der Waals surface area contributed by atoms with Crippen LogP contribution in [0.2, 0.25) is 0 Å². The second-order valence-corrected chi connectivity index (χ2v) is 17.5. The zero-order valence-corrected chi connectivity index (χ0v) is 32.1. The van der Waals surface area contributed by atoms with E-state index in [0.29, 0.717) is 19.6 Å². The van der Waals surface area contributed by atoms with Crippen molar-refractivity contribution in [2.24, 2.45) is 11.8 Å². The minimum Gasteiger partial charge on any atom is -0.453 e. The number of aromatic nitrogens is 1. The van der Waals surface area contributed by atoms with Crippen molar-refractivity contribution in [1.82, 2.24) is 20.1 Å². The lowest BCUT2D eigenvalue weighted by Crippen LogP contribution is -2.65. The molecule has 3 saturated heterocycles. The van der Waals surface area contributed by atoms with Crippen molar-refractivity contribution in [3.63, 3.8) is 0 Å². The van der Waals surface area contributed by atoms with Crippen LogP contribution in [-0.4, -0.2) is 106 Å². The molecule has 3 aliphatic heterocycles. The van der Waals surface area contributed by atoms with Crippen molar-refractivity contribution in [1.29, 1.82) is 0 Å². The Morgan fingerprint density at radius 2 is 1.71 bits per heavy atom. The Bertz CT molecular complexity index is 1980. The molecule has 2 amide bonds. The van der Waals surface area contributed by atoms with E-state index in [2.05, 4.69) is 38.1 Å². The molecular weight excluding hydrogens is 727 g/mol. The van der Waals surface area contributed by atoms with E-state index in [4.69, 9.17) is 4.74 Å². The highest BCUT2D eigenvalue weighted by Gasteiger charge is 2.54. The van der Waals surface area contributed by atoms with Gasteiger partial charge in [0.1, 0.15) is 11.6 Å². The topological polar surface area (TPSA) is 124 Å². The molecule has 3 atom stereocenters. The number of alkyl halides is 1. The molecule has 1 aromatic heterocycles. The number of piperidine rings is 1. The molecule has 2 N–H and O–H groups in total. The lowest BCUT2D eigenvalue weighted by atomic mass is 9.57. The van der Waals surface area contributed by atoms with E-state index in [1.807, 2.05) is 4.90 Å². The summed E-state index contributed by atoms with van der Waals surface area (Å²) < 4.78 is 62.9. The summed E-state index contributed by atoms with van der Waals surface area (Å²) in [5, 5.41) is 5.40. The van der Waals surface area contributed by atoms with E-state index in [9.17, 15) is 22.4 Å². The second-order valence-electron chi connectivity index (χ2n) is 15.6. The molecule has 55 heavy (non-hydrogen) atoms. The summed E-state index contributed by atoms with van der Waals surface area (Å²) >= 11 is 0. The summed E-state index contributed by atoms with van der Waals surface area (Å²) in [6.45, 7) is 8.30. The molecule has 2 aromatic carbocycles. The fourth-order valence-electron chi connectivity index (χ4n) is 9.43. The van der Waals surface area contributed by atoms with Gasteiger partial charge in [0.2, 0.25) is 15.7 Å². The van der Waals surface area contributed by atoms with Crippen molar-refractivity contribution >= 4 is 33.3 Å². The molecular formula is C41H50F2N6O5S. The Labute approximate surface area is 322 Å². The predicted octanol–water partition coefficient (Wildman–Crippen LogP) is 5.59. The first-order valence-corrected chi connectivity index (χ1v) is 20.7. The Balaban J connectivity index is 1.01. The largest absolute Gasteiger partial charge is 0.453 e. The smallest absolute Gasteiger partial charge is 0.407 e. The molecule has 0 bridgehead atoms. The number of carbonyl (C=O) groups is 2. The van der Waals surface area contributed by atoms with Gasteiger partial charge < -0.3 is 25.2 Å². The lowest BCUT2D eigenvalue weighted by Gasteiger charge is -2.54. The van der Waals surface area contributed by atoms with Crippen LogP contribution >= 0.6 is 0 Å². The molecule has 0 spiro atoms. The van der Waals surface area contributed by atoms with Gasteiger partial charge in [-0.3, -0.25) is 9.69 Å². The normalized spacial score (nSPS) is 22.9. The molecule has 11 nitrogen and oxygen atoms in total. The van der Waals surface area contributed by atoms with Crippen LogP contribution in [0.15, 0.2) is 89.3 Å². The highest BCUT2D eigenvalue weighted by atomic mass is 32.2. The fraction of sp³-hybridized carbons (Fsp3) is 0.488. The third-order valence-corrected chi connectivity index (χ3v) is 13.9. The molecule has 14 heteroatoms. The summed E-state index contributed by atoms with van der Waals surface area (Å²) in [4.78, 5) is 34.9. The number of pyridine rings is 1. The van der Waals surface area contributed by atoms with E-state index in [1.165, 1.54) is 43.5 Å². The second kappa shape index (κ2) is 16.0. The molecule has 4 heterocycles. The van der Waals surface area contributed by atoms with Crippen molar-refractivity contribution in [2.75, 3.05) is 69.7 Å². The number of carbonyl (C=O) groups excluding carboxylic acids is 2. The Morgan fingerprint density at radius 1 is 0.982 bits per heavy atom. The Hall–Kier alpha value is -4.40. The van der Waals surface area contributed by atoms with Gasteiger partial charge in [0.05, 0.1) is 25.1 Å². The van der Waals surface area contributed by atoms with Crippen molar-refractivity contribution < 1.29 is 31.5 Å². The first kappa shape index (κ1) is 38.9. The number of benzene rings is 2. The monoisotopic (exact) mass is 776 g/mol. The number of amides is 2. The number of likely N-dealkylation sites (tertiary alicyclic amines) is 2. The molecule has 1 aliphatic carbocycles. The molecule has 0 radical (unpaired) electrons. The van der Waals surface area contributed by atoms with Crippen LogP contribution in [0.5, 0.6) is 0 Å². The first-order chi connectivity index (χ1) is 26.4. The van der Waals surface area contributed by atoms with Crippen LogP contribution in [0.4, 0.5) is 25.1 Å². The van der Waals surface area contributed by atoms with Crippen LogP contribution < -0.4 is 15.5 Å². The maximum atomic E-state index is 16.3. The molecule has 294 valence electrons. The summed E-state index contributed by atoms with van der Waals surface area (Å²) in [7, 11) is -2.58. The molecule has 0 unspecified atom stereocenters. The number of nitrogens with zero attached hydrogens (tertiary/aromatic N) is 4. The van der Waals surface area contributed by atoms with E-state index in [-0.39, 0.29) is 52.5 Å². The van der Waals surface area contributed by atoms with E-state index in [1.54, 1.807) is 24.3 Å². The highest BCUT2D eigenvalue weighted by Crippen LogP contribution is 2.51. The zero-order valence-electron chi connectivity index (χ0n) is 31.3. The average molecular weight is 777 g/mol. The summed E-state index contributed by atoms with van der Waals surface area (Å²) in [6.07, 6.45) is 6.17. The number of ether oxygens (including phenoxy) is 1. The van der Waals surface area contributed by atoms with Gasteiger partial charge >= 0.3 is 6.09 Å². The lowest BCUT2D eigenvalue weighted by molar-refractivity contribution is -0.111. The molecule has 4 fully saturated rings. The van der Waals surface area contributed by atoms with Gasteiger partial charge in [0.15, 0.2) is 10.7 Å². The van der Waals surface area contributed by atoms with Crippen LogP contribution in [0.1, 0.15) is 44.1 Å². The third-order valence-electron chi connectivity index (χ3n) is 12.2. The number of hydrogen-bond donors (Lipinski definition) is 2. The van der Waals surface area contributed by atoms with Crippen LogP contribution in [0.3, 0.4) is 0 Å². The van der Waals surface area contributed by atoms with Gasteiger partial charge in [-0.25, -0.2) is 27.0 Å². The zero-order chi connectivity index (χ0) is 38.8. The van der Waals surface area contributed by atoms with Crippen molar-refractivity contribution in [2.45, 2.75) is 65.6 Å². The molecule has 4 aliphatic rings. The van der Waals surface area contributed by atoms with Gasteiger partial charge in [0.25, 0.3) is 0 Å². The number of nitrogens with one attached hydrogen (secondary N) is 2. The highest BCUT2D eigenvalue weighted by molar-refractivity contribution is 7.91. The molecule has 7 rings (SSSR count). The van der Waals surface area contributed by atoms with Crippen LogP contribution in [0.25, 0.3) is 0 Å². The quantitative estimate of drug-likeness (QED) is 0.214. The van der Waals surface area contributed by atoms with E-state index in [0.717, 1.165) is 75.5 Å². The van der Waals surface area contributed by atoms with Crippen molar-refractivity contribution in [3.8, 4) is 0 Å². The van der Waals surface area contributed by atoms with Gasteiger partial charge in [-0.05, 0) is 130 Å². The van der Waals surface area contributed by atoms with Crippen LogP contribution in [-0.2, 0) is 24.8 Å². The number of methoxy groups -OCH3 is 1. The van der Waals surface area contributed by atoms with Crippen molar-refractivity contribution in [3.05, 3.63) is 90.8 Å². The van der Waals surface area contributed by atoms with E-state index >= 15 is 4.39 Å². The summed E-state index contributed by atoms with van der Waals surface area (Å²) in [6, 6.07) is 17.7. The third kappa shape index (κ3) is 8.13. The SMILES string of the molecule is C=CC(=O)Nc1cccc(S(=O)(=O)c2ccc(N3CC(F)(CN4CCC([C@@](CN5CCC5)(c5cccc(F)c5)[C@H]5CCC[C@@H]5NC(=O)OC)CC4)C3)cc2)n1. The Morgan fingerprint density at radius 3 is 2.36 bits per heavy atom. The number of sulfone groups is 1. The number of hydrogen-bond acceptors (Lipinski definition) is 9. The van der Waals surface area contributed by atoms with Gasteiger partial charge in [-0.15, -0.1) is 0 Å². The van der Waals surface area contributed by atoms with Gasteiger partial charge in [0, 0.05) is 30.2 Å². The standard InChI is InChI=1S/C41H50F2N6O5S/c1-3-37(50)45-36-12-6-13-38(46-36)55(52,53)33-16-14-32(15-17-33)49-26-40(43,27-49)25-48-22-18-29(19-23-48)41(28-47-20-7-21-47,30-8-4-9-31(42)24-30)34-10-5-11-35(34)44-39(51)54-2/h3-4,6,8-9,12-17,24,29,34-35H,1,5,7,10-11,18-23,25-28H2,2H3,(H,44,51)(H,45,46,50)/t34-,35-,41-/m0/s1. The fourth-order valence-corrected chi connectivity index (χ4v) is 10.6. The minimum atomic E-state index is -3.97. The number of rotatable bonds is 13. The first-order valence-electron chi connectivity index (χ1n) is 19.2. The van der Waals surface area contributed by atoms with E-state index < -0.39 is 32.9 Å². The predicted molar refractivity (Wildman–Crippen MR) is 206 cm³/mol. The van der Waals surface area contributed by atoms with Crippen LogP contribution in [0, 0.1) is 17.7 Å². The number of halogens is 2. The van der Waals surface area contributed by atoms with Gasteiger partial charge in [-0.2, -0.15) is 0 Å².